The number of piperazine rings is 1. The average molecular weight is 1200 g/mol. The third kappa shape index (κ3) is 12.6. The summed E-state index contributed by atoms with van der Waals surface area (Å²) in [5, 5.41) is 36.0. The Morgan fingerprint density at radius 3 is 2.36 bits per heavy atom. The van der Waals surface area contributed by atoms with E-state index in [2.05, 4.69) is 43.8 Å². The SMILES string of the molecule is CO[C@@H](C)COc1nc(N2CC3CC2CN3)c2cnc(-c3ccc(F)c4sc(Cc5ccccc5)c(C#N)c34)c(OCc3ccc(-c4cn(C(C(=O)N5CCCC5C)C(C)C)nn4)cc3)c2n1.O=CNC(CO)c1ccc(-c2c(F)cncc2F)cc1. The molecule has 8 heterocycles. The summed E-state index contributed by atoms with van der Waals surface area (Å²) in [5.74, 6) is -0.764. The minimum Gasteiger partial charge on any atom is -0.484 e. The topological polar surface area (TPSA) is 219 Å². The van der Waals surface area contributed by atoms with Gasteiger partial charge in [0.05, 0.1) is 58.6 Å². The Balaban J connectivity index is 0.000000333. The molecule has 9 aromatic rings. The van der Waals surface area contributed by atoms with E-state index in [1.54, 1.807) is 36.2 Å². The molecule has 4 aromatic carbocycles. The number of hydrogen-bond donors (Lipinski definition) is 3. The number of amides is 2. The van der Waals surface area contributed by atoms with Crippen molar-refractivity contribution in [2.45, 2.75) is 96.3 Å². The van der Waals surface area contributed by atoms with Crippen LogP contribution >= 0.6 is 11.3 Å². The quantitative estimate of drug-likeness (QED) is 0.0605. The highest BCUT2D eigenvalue weighted by atomic mass is 32.1. The molecule has 3 N–H and O–H groups in total. The van der Waals surface area contributed by atoms with Crippen LogP contribution in [0.3, 0.4) is 0 Å². The molecule has 0 radical (unpaired) electrons. The van der Waals surface area contributed by atoms with Gasteiger partial charge >= 0.3 is 6.01 Å². The summed E-state index contributed by atoms with van der Waals surface area (Å²) in [6, 6.07) is 29.4. The van der Waals surface area contributed by atoms with E-state index in [9.17, 15) is 23.6 Å². The van der Waals surface area contributed by atoms with Crippen LogP contribution in [0.15, 0.2) is 116 Å². The van der Waals surface area contributed by atoms with E-state index in [4.69, 9.17) is 34.3 Å². The second kappa shape index (κ2) is 26.4. The lowest BCUT2D eigenvalue weighted by Gasteiger charge is -2.29. The first-order chi connectivity index (χ1) is 42.2. The Kier molecular flexibility index (Phi) is 18.2. The van der Waals surface area contributed by atoms with E-state index in [1.165, 1.54) is 29.5 Å². The number of likely N-dealkylation sites (tertiary alicyclic amines) is 1. The highest BCUT2D eigenvalue weighted by molar-refractivity contribution is 7.19. The number of aliphatic hydroxyl groups is 1. The van der Waals surface area contributed by atoms with Crippen molar-refractivity contribution in [1.82, 2.24) is 50.5 Å². The lowest BCUT2D eigenvalue weighted by molar-refractivity contribution is -0.137. The van der Waals surface area contributed by atoms with E-state index >= 15 is 4.39 Å². The van der Waals surface area contributed by atoms with Gasteiger partial charge in [-0.05, 0) is 73.4 Å². The fraction of sp³-hybridized carbons (Fsp3) is 0.338. The van der Waals surface area contributed by atoms with Gasteiger partial charge in [0.25, 0.3) is 0 Å². The maximum absolute atomic E-state index is 15.9. The molecule has 0 saturated carbocycles. The zero-order chi connectivity index (χ0) is 60.9. The number of nitrogens with one attached hydrogen (secondary N) is 2. The Morgan fingerprint density at radius 2 is 1.70 bits per heavy atom. The van der Waals surface area contributed by atoms with Crippen molar-refractivity contribution in [3.8, 4) is 51.5 Å². The van der Waals surface area contributed by atoms with Gasteiger partial charge in [-0.3, -0.25) is 19.6 Å². The summed E-state index contributed by atoms with van der Waals surface area (Å²) in [6.07, 6.45) is 9.24. The molecular weight excluding hydrogens is 1130 g/mol. The predicted molar refractivity (Wildman–Crippen MR) is 324 cm³/mol. The first-order valence-corrected chi connectivity index (χ1v) is 29.8. The maximum Gasteiger partial charge on any atom is 0.319 e. The number of thiophene rings is 1. The number of ether oxygens (including phenoxy) is 3. The van der Waals surface area contributed by atoms with Crippen LogP contribution in [0.1, 0.15) is 86.2 Å². The van der Waals surface area contributed by atoms with Gasteiger partial charge in [0.2, 0.25) is 12.3 Å². The Bertz CT molecular complexity index is 3960. The molecule has 5 unspecified atom stereocenters. The van der Waals surface area contributed by atoms with Crippen molar-refractivity contribution >= 4 is 50.5 Å². The van der Waals surface area contributed by atoms with Crippen molar-refractivity contribution in [3.63, 3.8) is 0 Å². The minimum atomic E-state index is -0.748. The first kappa shape index (κ1) is 59.8. The van der Waals surface area contributed by atoms with Gasteiger partial charge in [0, 0.05) is 78.9 Å². The fourth-order valence-corrected chi connectivity index (χ4v) is 12.9. The number of fused-ring (bicyclic) bond motifs is 4. The Labute approximate surface area is 505 Å². The zero-order valence-electron chi connectivity index (χ0n) is 48.7. The third-order valence-corrected chi connectivity index (χ3v) is 17.5. The number of nitrogens with zero attached hydrogens (tertiary/aromatic N) is 10. The second-order valence-corrected chi connectivity index (χ2v) is 23.5. The Hall–Kier alpha value is -8.88. The number of aromatic nitrogens is 7. The lowest BCUT2D eigenvalue weighted by Crippen LogP contribution is -2.44. The summed E-state index contributed by atoms with van der Waals surface area (Å²) in [5.41, 5.74) is 6.04. The lowest BCUT2D eigenvalue weighted by atomic mass is 9.99. The van der Waals surface area contributed by atoms with Crippen molar-refractivity contribution in [2.24, 2.45) is 5.92 Å². The largest absolute Gasteiger partial charge is 0.484 e. The zero-order valence-corrected chi connectivity index (χ0v) is 49.5. The molecular formula is C65H65F3N12O6S. The summed E-state index contributed by atoms with van der Waals surface area (Å²) >= 11 is 1.28. The number of anilines is 1. The molecule has 0 aliphatic carbocycles. The van der Waals surface area contributed by atoms with E-state index in [1.807, 2.05) is 86.5 Å². The van der Waals surface area contributed by atoms with Crippen molar-refractivity contribution in [2.75, 3.05) is 44.9 Å². The highest BCUT2D eigenvalue weighted by Gasteiger charge is 2.40. The number of rotatable bonds is 20. The molecule has 2 amide bonds. The maximum atomic E-state index is 15.9. The van der Waals surface area contributed by atoms with Gasteiger partial charge in [0.15, 0.2) is 17.4 Å². The number of benzene rings is 4. The number of pyridine rings is 2. The van der Waals surface area contributed by atoms with Crippen LogP contribution in [0.4, 0.5) is 19.0 Å². The van der Waals surface area contributed by atoms with Crippen LogP contribution in [0.5, 0.6) is 11.8 Å². The normalized spacial score (nSPS) is 17.3. The molecule has 87 heavy (non-hydrogen) atoms. The standard InChI is InChI=1S/C51H53FN10O4S.C14H12F2N2O2/c1-29(2)46(50(63)60-19-9-10-30(60)3)62-26-41(58-59-62)34-15-13-33(14-16-34)28-65-47-44(37-17-18-40(52)48-43(37)38(22-53)42(67-48)20-32-11-7-6-8-12-32)55-24-39-45(47)56-51(66-27-31(4)64-5)57-49(39)61-25-35-21-36(61)23-54-35;15-11-5-17-6-12(16)14(11)10-3-1-9(2-4-10)13(7-19)18-8-20/h6-8,11-18,24,26,29-31,35-36,46,54H,9-10,19-21,23,25,27-28H2,1-5H3;1-6,8,13,19H,7H2,(H,18,20)/t30?,31-,35?,36?,46?;/m0./s1. The predicted octanol–water partition coefficient (Wildman–Crippen LogP) is 10.3. The summed E-state index contributed by atoms with van der Waals surface area (Å²) < 4.78 is 63.8. The number of carbonyl (C=O) groups is 2. The molecule has 2 bridgehead atoms. The fourth-order valence-electron chi connectivity index (χ4n) is 11.7. The van der Waals surface area contributed by atoms with Gasteiger partial charge in [-0.15, -0.1) is 16.4 Å². The number of nitriles is 1. The number of methoxy groups -OCH3 is 1. The van der Waals surface area contributed by atoms with E-state index in [0.717, 1.165) is 72.9 Å². The van der Waals surface area contributed by atoms with Gasteiger partial charge in [0.1, 0.15) is 53.9 Å². The van der Waals surface area contributed by atoms with Crippen molar-refractivity contribution in [3.05, 3.63) is 160 Å². The van der Waals surface area contributed by atoms with Crippen LogP contribution in [0.2, 0.25) is 0 Å². The van der Waals surface area contributed by atoms with Crippen LogP contribution in [-0.4, -0.2) is 121 Å². The summed E-state index contributed by atoms with van der Waals surface area (Å²) in [6.45, 7) is 10.5. The molecule has 3 aliphatic rings. The van der Waals surface area contributed by atoms with Crippen LogP contribution in [0, 0.1) is 34.7 Å². The molecule has 3 saturated heterocycles. The monoisotopic (exact) mass is 1200 g/mol. The van der Waals surface area contributed by atoms with Crippen LogP contribution in [-0.2, 0) is 27.4 Å². The molecule has 18 nitrogen and oxygen atoms in total. The first-order valence-electron chi connectivity index (χ1n) is 28.9. The van der Waals surface area contributed by atoms with E-state index < -0.39 is 29.5 Å². The minimum absolute atomic E-state index is 0.0248. The van der Waals surface area contributed by atoms with Gasteiger partial charge < -0.3 is 39.8 Å². The number of hydrogen-bond acceptors (Lipinski definition) is 16. The molecule has 3 aliphatic heterocycles. The van der Waals surface area contributed by atoms with Crippen LogP contribution in [0.25, 0.3) is 54.6 Å². The van der Waals surface area contributed by atoms with Gasteiger partial charge in [-0.2, -0.15) is 15.2 Å². The molecule has 22 heteroatoms. The van der Waals surface area contributed by atoms with Crippen molar-refractivity contribution in [1.29, 1.82) is 5.26 Å². The van der Waals surface area contributed by atoms with Crippen LogP contribution < -0.4 is 25.0 Å². The summed E-state index contributed by atoms with van der Waals surface area (Å²) in [4.78, 5) is 47.7. The van der Waals surface area contributed by atoms with Crippen molar-refractivity contribution < 1.29 is 42.1 Å². The second-order valence-electron chi connectivity index (χ2n) is 22.4. The van der Waals surface area contributed by atoms with E-state index in [0.29, 0.717) is 85.1 Å². The average Bonchev–Trinajstić information content (AvgIpc) is 2.66. The number of carbonyl (C=O) groups excluding carboxylic acids is 2. The third-order valence-electron chi connectivity index (χ3n) is 16.3. The summed E-state index contributed by atoms with van der Waals surface area (Å²) in [7, 11) is 1.63. The van der Waals surface area contributed by atoms with Gasteiger partial charge in [-0.1, -0.05) is 97.9 Å². The molecule has 0 spiro atoms. The smallest absolute Gasteiger partial charge is 0.319 e. The highest BCUT2D eigenvalue weighted by Crippen LogP contribution is 2.46. The van der Waals surface area contributed by atoms with E-state index in [-0.39, 0.29) is 61.4 Å². The number of halogens is 3. The molecule has 5 aromatic heterocycles. The number of aliphatic hydroxyl groups excluding tert-OH is 1. The molecule has 448 valence electrons. The molecule has 12 rings (SSSR count). The molecule has 3 fully saturated rings. The Morgan fingerprint density at radius 1 is 0.943 bits per heavy atom. The van der Waals surface area contributed by atoms with Gasteiger partial charge in [-0.25, -0.2) is 17.9 Å². The molecule has 6 atom stereocenters.